The van der Waals surface area contributed by atoms with Crippen LogP contribution in [0.2, 0.25) is 0 Å². The molecule has 172 valence electrons. The quantitative estimate of drug-likeness (QED) is 0.313. The number of hydrogen-bond donors (Lipinski definition) is 1. The SMILES string of the molecule is COC(=O)c1ccccc1-n1c(C)cc(/C=C2\C(=O)NC(=O)N(c3ccc(Br)cc3)C2=O)c1C. The topological polar surface area (TPSA) is 97.7 Å². The van der Waals surface area contributed by atoms with Crippen molar-refractivity contribution in [2.24, 2.45) is 0 Å². The summed E-state index contributed by atoms with van der Waals surface area (Å²) in [5.74, 6) is -1.98. The van der Waals surface area contributed by atoms with E-state index >= 15 is 0 Å². The minimum Gasteiger partial charge on any atom is -0.465 e. The Morgan fingerprint density at radius 3 is 2.38 bits per heavy atom. The normalized spacial score (nSPS) is 15.0. The summed E-state index contributed by atoms with van der Waals surface area (Å²) in [4.78, 5) is 51.4. The van der Waals surface area contributed by atoms with Gasteiger partial charge in [-0.05, 0) is 68.0 Å². The van der Waals surface area contributed by atoms with Crippen LogP contribution in [-0.2, 0) is 14.3 Å². The van der Waals surface area contributed by atoms with Crippen molar-refractivity contribution in [3.8, 4) is 5.69 Å². The standard InChI is InChI=1S/C25H20BrN3O5/c1-14-12-16(15(2)28(14)21-7-5-4-6-19(21)24(32)34-3)13-20-22(30)27-25(33)29(23(20)31)18-10-8-17(26)9-11-18/h4-13H,1-3H3,(H,27,30,33)/b20-13+. The van der Waals surface area contributed by atoms with Crippen LogP contribution in [-0.4, -0.2) is 35.5 Å². The lowest BCUT2D eigenvalue weighted by molar-refractivity contribution is -0.122. The Morgan fingerprint density at radius 2 is 1.71 bits per heavy atom. The van der Waals surface area contributed by atoms with Crippen molar-refractivity contribution in [2.45, 2.75) is 13.8 Å². The van der Waals surface area contributed by atoms with Crippen LogP contribution >= 0.6 is 15.9 Å². The first kappa shape index (κ1) is 23.2. The number of carbonyl (C=O) groups is 4. The van der Waals surface area contributed by atoms with Gasteiger partial charge < -0.3 is 9.30 Å². The smallest absolute Gasteiger partial charge is 0.339 e. The van der Waals surface area contributed by atoms with E-state index in [1.807, 2.05) is 18.4 Å². The van der Waals surface area contributed by atoms with Crippen molar-refractivity contribution in [3.63, 3.8) is 0 Å². The Hall–Kier alpha value is -3.98. The summed E-state index contributed by atoms with van der Waals surface area (Å²) in [5.41, 5.74) is 3.23. The van der Waals surface area contributed by atoms with Crippen molar-refractivity contribution in [1.29, 1.82) is 0 Å². The molecule has 0 radical (unpaired) electrons. The van der Waals surface area contributed by atoms with Gasteiger partial charge in [-0.15, -0.1) is 0 Å². The maximum atomic E-state index is 13.2. The van der Waals surface area contributed by atoms with Gasteiger partial charge in [-0.25, -0.2) is 14.5 Å². The van der Waals surface area contributed by atoms with Crippen molar-refractivity contribution in [2.75, 3.05) is 12.0 Å². The molecule has 4 amide bonds. The summed E-state index contributed by atoms with van der Waals surface area (Å²) in [6.07, 6.45) is 1.45. The molecule has 0 saturated carbocycles. The van der Waals surface area contributed by atoms with E-state index in [0.717, 1.165) is 15.1 Å². The fourth-order valence-corrected chi connectivity index (χ4v) is 4.16. The third-order valence-electron chi connectivity index (χ3n) is 5.51. The molecule has 0 aliphatic carbocycles. The molecule has 1 fully saturated rings. The zero-order valence-electron chi connectivity index (χ0n) is 18.6. The predicted molar refractivity (Wildman–Crippen MR) is 130 cm³/mol. The second kappa shape index (κ2) is 9.11. The van der Waals surface area contributed by atoms with E-state index in [2.05, 4.69) is 21.2 Å². The number of benzene rings is 2. The highest BCUT2D eigenvalue weighted by Gasteiger charge is 2.37. The number of rotatable bonds is 4. The number of imide groups is 2. The molecule has 2 aromatic carbocycles. The molecule has 1 aromatic heterocycles. The lowest BCUT2D eigenvalue weighted by Gasteiger charge is -2.26. The molecule has 8 nitrogen and oxygen atoms in total. The third kappa shape index (κ3) is 4.06. The van der Waals surface area contributed by atoms with Gasteiger partial charge in [0.2, 0.25) is 0 Å². The average molecular weight is 522 g/mol. The number of para-hydroxylation sites is 1. The molecule has 34 heavy (non-hydrogen) atoms. The van der Waals surface area contributed by atoms with Crippen LogP contribution in [0, 0.1) is 13.8 Å². The highest BCUT2D eigenvalue weighted by Crippen LogP contribution is 2.28. The zero-order valence-corrected chi connectivity index (χ0v) is 20.2. The second-order valence-corrected chi connectivity index (χ2v) is 8.52. The molecule has 9 heteroatoms. The predicted octanol–water partition coefficient (Wildman–Crippen LogP) is 4.31. The number of anilines is 1. The van der Waals surface area contributed by atoms with E-state index in [-0.39, 0.29) is 5.57 Å². The van der Waals surface area contributed by atoms with E-state index < -0.39 is 23.8 Å². The van der Waals surface area contributed by atoms with Crippen LogP contribution in [0.1, 0.15) is 27.3 Å². The molecule has 0 bridgehead atoms. The van der Waals surface area contributed by atoms with Gasteiger partial charge in [-0.2, -0.15) is 0 Å². The summed E-state index contributed by atoms with van der Waals surface area (Å²) in [5, 5.41) is 2.23. The van der Waals surface area contributed by atoms with Crippen LogP contribution < -0.4 is 10.2 Å². The minimum absolute atomic E-state index is 0.177. The number of nitrogens with one attached hydrogen (secondary N) is 1. The summed E-state index contributed by atoms with van der Waals surface area (Å²) in [6.45, 7) is 3.67. The van der Waals surface area contributed by atoms with Crippen LogP contribution in [0.5, 0.6) is 0 Å². The number of nitrogens with zero attached hydrogens (tertiary/aromatic N) is 2. The van der Waals surface area contributed by atoms with Crippen molar-refractivity contribution in [1.82, 2.24) is 9.88 Å². The van der Waals surface area contributed by atoms with E-state index in [0.29, 0.717) is 28.2 Å². The average Bonchev–Trinajstić information content (AvgIpc) is 3.09. The molecule has 1 saturated heterocycles. The number of urea groups is 1. The summed E-state index contributed by atoms with van der Waals surface area (Å²) in [7, 11) is 1.32. The van der Waals surface area contributed by atoms with E-state index in [1.165, 1.54) is 13.2 Å². The summed E-state index contributed by atoms with van der Waals surface area (Å²) >= 11 is 3.32. The number of amides is 4. The van der Waals surface area contributed by atoms with Crippen molar-refractivity contribution >= 4 is 51.5 Å². The van der Waals surface area contributed by atoms with Crippen LogP contribution in [0.25, 0.3) is 11.8 Å². The fraction of sp³-hybridized carbons (Fsp3) is 0.120. The lowest BCUT2D eigenvalue weighted by Crippen LogP contribution is -2.54. The molecule has 3 aromatic rings. The number of methoxy groups -OCH3 is 1. The van der Waals surface area contributed by atoms with Gasteiger partial charge >= 0.3 is 12.0 Å². The number of ether oxygens (including phenoxy) is 1. The molecule has 0 spiro atoms. The van der Waals surface area contributed by atoms with Crippen molar-refractivity contribution in [3.05, 3.63) is 87.2 Å². The Bertz CT molecular complexity index is 1370. The molecule has 1 aliphatic rings. The lowest BCUT2D eigenvalue weighted by atomic mass is 10.1. The van der Waals surface area contributed by atoms with Crippen LogP contribution in [0.4, 0.5) is 10.5 Å². The van der Waals surface area contributed by atoms with Crippen molar-refractivity contribution < 1.29 is 23.9 Å². The molecule has 1 aliphatic heterocycles. The van der Waals surface area contributed by atoms with E-state index in [9.17, 15) is 19.2 Å². The number of barbiturate groups is 1. The number of aromatic nitrogens is 1. The van der Waals surface area contributed by atoms with Gasteiger partial charge in [-0.3, -0.25) is 14.9 Å². The van der Waals surface area contributed by atoms with E-state index in [1.54, 1.807) is 54.6 Å². The molecule has 1 N–H and O–H groups in total. The highest BCUT2D eigenvalue weighted by molar-refractivity contribution is 9.10. The molecular weight excluding hydrogens is 502 g/mol. The van der Waals surface area contributed by atoms with Gasteiger partial charge in [0.25, 0.3) is 11.8 Å². The molecule has 0 atom stereocenters. The summed E-state index contributed by atoms with van der Waals surface area (Å²) < 4.78 is 7.54. The molecular formula is C25H20BrN3O5. The van der Waals surface area contributed by atoms with E-state index in [4.69, 9.17) is 4.74 Å². The number of halogens is 1. The maximum Gasteiger partial charge on any atom is 0.339 e. The number of hydrogen-bond acceptors (Lipinski definition) is 5. The van der Waals surface area contributed by atoms with Gasteiger partial charge in [0, 0.05) is 15.9 Å². The number of carbonyl (C=O) groups excluding carboxylic acids is 4. The summed E-state index contributed by atoms with van der Waals surface area (Å²) in [6, 6.07) is 14.6. The second-order valence-electron chi connectivity index (χ2n) is 7.60. The Balaban J connectivity index is 1.79. The van der Waals surface area contributed by atoms with Crippen LogP contribution in [0.3, 0.4) is 0 Å². The third-order valence-corrected chi connectivity index (χ3v) is 6.04. The van der Waals surface area contributed by atoms with Gasteiger partial charge in [0.05, 0.1) is 24.0 Å². The number of aryl methyl sites for hydroxylation is 1. The first-order chi connectivity index (χ1) is 16.2. The largest absolute Gasteiger partial charge is 0.465 e. The monoisotopic (exact) mass is 521 g/mol. The molecule has 2 heterocycles. The Kier molecular flexibility index (Phi) is 6.21. The van der Waals surface area contributed by atoms with Gasteiger partial charge in [0.1, 0.15) is 5.57 Å². The molecule has 4 rings (SSSR count). The first-order valence-electron chi connectivity index (χ1n) is 10.3. The first-order valence-corrected chi connectivity index (χ1v) is 11.1. The fourth-order valence-electron chi connectivity index (χ4n) is 3.89. The van der Waals surface area contributed by atoms with Crippen LogP contribution in [0.15, 0.2) is 64.6 Å². The maximum absolute atomic E-state index is 13.2. The number of esters is 1. The van der Waals surface area contributed by atoms with Gasteiger partial charge in [0.15, 0.2) is 0 Å². The van der Waals surface area contributed by atoms with Gasteiger partial charge in [-0.1, -0.05) is 28.1 Å². The molecule has 0 unspecified atom stereocenters. The highest BCUT2D eigenvalue weighted by atomic mass is 79.9. The zero-order chi connectivity index (χ0) is 24.6. The minimum atomic E-state index is -0.813. The Labute approximate surface area is 203 Å². The Morgan fingerprint density at radius 1 is 1.03 bits per heavy atom.